The van der Waals surface area contributed by atoms with Crippen molar-refractivity contribution in [1.29, 1.82) is 0 Å². The number of carbonyl (C=O) groups excluding carboxylic acids is 1. The van der Waals surface area contributed by atoms with E-state index in [4.69, 9.17) is 16.1 Å². The number of halogens is 1. The summed E-state index contributed by atoms with van der Waals surface area (Å²) in [6.45, 7) is 2.81. The lowest BCUT2D eigenvalue weighted by Gasteiger charge is -2.05. The van der Waals surface area contributed by atoms with E-state index in [9.17, 15) is 4.79 Å². The predicted molar refractivity (Wildman–Crippen MR) is 146 cm³/mol. The fraction of sp³-hybridized carbons (Fsp3) is 0.0769. The van der Waals surface area contributed by atoms with Crippen LogP contribution in [0.25, 0.3) is 32.8 Å². The zero-order chi connectivity index (χ0) is 24.9. The standard InChI is InChI=1S/C17H13ClN2OS.C9H7N3OS/c1-11-8-12-4-2-3-5-14(12)20(11)10-13-9-15(21-19-13)16-6-7-17(18)22-16;13-6-11-9-12-8(5-14-9)7-2-1-3-10-4-7/h2-9H,10H2,1H3;1-6H,(H,11,12,13). The largest absolute Gasteiger partial charge is 0.355 e. The maximum absolute atomic E-state index is 10.2. The van der Waals surface area contributed by atoms with E-state index in [1.165, 1.54) is 39.3 Å². The molecule has 180 valence electrons. The molecule has 0 radical (unpaired) electrons. The van der Waals surface area contributed by atoms with E-state index in [2.05, 4.69) is 62.3 Å². The molecular formula is C26H20ClN5O2S2. The number of benzene rings is 1. The van der Waals surface area contributed by atoms with Crippen LogP contribution in [0.1, 0.15) is 11.4 Å². The summed E-state index contributed by atoms with van der Waals surface area (Å²) in [6.07, 6.45) is 4.06. The van der Waals surface area contributed by atoms with E-state index >= 15 is 0 Å². The van der Waals surface area contributed by atoms with Crippen LogP contribution in [0.4, 0.5) is 5.13 Å². The van der Waals surface area contributed by atoms with Crippen molar-refractivity contribution < 1.29 is 9.32 Å². The van der Waals surface area contributed by atoms with E-state index in [1.807, 2.05) is 35.7 Å². The van der Waals surface area contributed by atoms with Crippen LogP contribution >= 0.6 is 34.3 Å². The molecule has 10 heteroatoms. The lowest BCUT2D eigenvalue weighted by atomic mass is 10.2. The third kappa shape index (κ3) is 5.38. The Morgan fingerprint density at radius 3 is 2.81 bits per heavy atom. The van der Waals surface area contributed by atoms with Crippen molar-refractivity contribution in [2.24, 2.45) is 0 Å². The molecule has 6 rings (SSSR count). The Hall–Kier alpha value is -3.79. The Morgan fingerprint density at radius 2 is 2.03 bits per heavy atom. The number of fused-ring (bicyclic) bond motifs is 1. The molecule has 0 saturated carbocycles. The number of amides is 1. The third-order valence-electron chi connectivity index (χ3n) is 5.36. The lowest BCUT2D eigenvalue weighted by Crippen LogP contribution is -2.01. The molecular weight excluding hydrogens is 514 g/mol. The molecule has 1 aromatic carbocycles. The Morgan fingerprint density at radius 1 is 1.14 bits per heavy atom. The number of para-hydroxylation sites is 1. The number of aryl methyl sites for hydroxylation is 1. The summed E-state index contributed by atoms with van der Waals surface area (Å²) in [4.78, 5) is 19.4. The van der Waals surface area contributed by atoms with Crippen LogP contribution in [0.3, 0.4) is 0 Å². The minimum absolute atomic E-state index is 0.596. The van der Waals surface area contributed by atoms with Gasteiger partial charge in [0.2, 0.25) is 6.41 Å². The first kappa shape index (κ1) is 23.9. The van der Waals surface area contributed by atoms with Gasteiger partial charge in [0, 0.05) is 40.6 Å². The lowest BCUT2D eigenvalue weighted by molar-refractivity contribution is -0.105. The van der Waals surface area contributed by atoms with Gasteiger partial charge in [-0.3, -0.25) is 9.78 Å². The smallest absolute Gasteiger partial charge is 0.213 e. The normalized spacial score (nSPS) is 10.7. The zero-order valence-electron chi connectivity index (χ0n) is 19.1. The number of thiophene rings is 1. The van der Waals surface area contributed by atoms with Crippen molar-refractivity contribution >= 4 is 56.7 Å². The van der Waals surface area contributed by atoms with Crippen molar-refractivity contribution in [2.45, 2.75) is 13.5 Å². The first-order chi connectivity index (χ1) is 17.6. The summed E-state index contributed by atoms with van der Waals surface area (Å²) in [5.74, 6) is 0.765. The number of carbonyl (C=O) groups is 1. The number of anilines is 1. The fourth-order valence-electron chi connectivity index (χ4n) is 3.71. The van der Waals surface area contributed by atoms with Gasteiger partial charge in [-0.1, -0.05) is 35.0 Å². The molecule has 0 aliphatic carbocycles. The molecule has 0 aliphatic heterocycles. The molecule has 0 spiro atoms. The molecule has 0 bridgehead atoms. The number of nitrogens with zero attached hydrogens (tertiary/aromatic N) is 4. The molecule has 0 saturated heterocycles. The first-order valence-corrected chi connectivity index (χ1v) is 13.0. The van der Waals surface area contributed by atoms with Crippen LogP contribution in [0.5, 0.6) is 0 Å². The molecule has 0 fully saturated rings. The van der Waals surface area contributed by atoms with Crippen LogP contribution < -0.4 is 5.32 Å². The van der Waals surface area contributed by atoms with E-state index in [-0.39, 0.29) is 0 Å². The maximum Gasteiger partial charge on any atom is 0.213 e. The topological polar surface area (TPSA) is 85.8 Å². The summed E-state index contributed by atoms with van der Waals surface area (Å²) in [7, 11) is 0. The van der Waals surface area contributed by atoms with E-state index < -0.39 is 0 Å². The second-order valence-corrected chi connectivity index (χ2v) is 10.3. The van der Waals surface area contributed by atoms with Crippen molar-refractivity contribution in [3.63, 3.8) is 0 Å². The third-order valence-corrected chi connectivity index (χ3v) is 7.38. The molecule has 6 aromatic rings. The highest BCUT2D eigenvalue weighted by atomic mass is 35.5. The molecule has 5 heterocycles. The van der Waals surface area contributed by atoms with Crippen molar-refractivity contribution in [1.82, 2.24) is 19.7 Å². The monoisotopic (exact) mass is 533 g/mol. The molecule has 0 atom stereocenters. The Bertz CT molecular complexity index is 1600. The fourth-order valence-corrected chi connectivity index (χ4v) is 5.38. The second kappa shape index (κ2) is 10.9. The van der Waals surface area contributed by atoms with Crippen molar-refractivity contribution in [2.75, 3.05) is 5.32 Å². The summed E-state index contributed by atoms with van der Waals surface area (Å²) in [5, 5.41) is 10.4. The van der Waals surface area contributed by atoms with Crippen molar-refractivity contribution in [3.05, 3.63) is 94.2 Å². The average molecular weight is 534 g/mol. The summed E-state index contributed by atoms with van der Waals surface area (Å²) in [5.41, 5.74) is 5.10. The van der Waals surface area contributed by atoms with Crippen LogP contribution in [0.15, 0.2) is 83.0 Å². The van der Waals surface area contributed by atoms with Gasteiger partial charge in [0.25, 0.3) is 0 Å². The van der Waals surface area contributed by atoms with Gasteiger partial charge in [-0.05, 0) is 48.7 Å². The molecule has 7 nitrogen and oxygen atoms in total. The minimum Gasteiger partial charge on any atom is -0.355 e. The molecule has 0 unspecified atom stereocenters. The molecule has 1 amide bonds. The molecule has 5 aromatic heterocycles. The van der Waals surface area contributed by atoms with Gasteiger partial charge in [0.15, 0.2) is 10.9 Å². The number of thiazole rings is 1. The minimum atomic E-state index is 0.596. The number of hydrogen-bond acceptors (Lipinski definition) is 7. The van der Waals surface area contributed by atoms with Gasteiger partial charge in [0.1, 0.15) is 5.69 Å². The number of pyridine rings is 1. The zero-order valence-corrected chi connectivity index (χ0v) is 21.5. The van der Waals surface area contributed by atoms with Crippen LogP contribution in [-0.4, -0.2) is 26.1 Å². The summed E-state index contributed by atoms with van der Waals surface area (Å²) < 4.78 is 8.45. The number of aromatic nitrogens is 4. The van der Waals surface area contributed by atoms with Gasteiger partial charge in [-0.15, -0.1) is 22.7 Å². The van der Waals surface area contributed by atoms with E-state index in [1.54, 1.807) is 12.4 Å². The summed E-state index contributed by atoms with van der Waals surface area (Å²) in [6, 6.07) is 20.1. The van der Waals surface area contributed by atoms with Crippen molar-refractivity contribution in [3.8, 4) is 21.9 Å². The Labute approximate surface area is 220 Å². The Balaban J connectivity index is 0.000000165. The van der Waals surface area contributed by atoms with Gasteiger partial charge in [0.05, 0.1) is 21.5 Å². The van der Waals surface area contributed by atoms with Crippen LogP contribution in [-0.2, 0) is 11.3 Å². The first-order valence-electron chi connectivity index (χ1n) is 10.9. The molecule has 1 N–H and O–H groups in total. The van der Waals surface area contributed by atoms with Gasteiger partial charge in [-0.2, -0.15) is 0 Å². The predicted octanol–water partition coefficient (Wildman–Crippen LogP) is 7.14. The highest BCUT2D eigenvalue weighted by Gasteiger charge is 2.12. The van der Waals surface area contributed by atoms with Gasteiger partial charge >= 0.3 is 0 Å². The maximum atomic E-state index is 10.2. The molecule has 36 heavy (non-hydrogen) atoms. The number of nitrogens with one attached hydrogen (secondary N) is 1. The second-order valence-electron chi connectivity index (χ2n) is 7.76. The highest BCUT2D eigenvalue weighted by molar-refractivity contribution is 7.19. The van der Waals surface area contributed by atoms with E-state index in [0.717, 1.165) is 31.9 Å². The Kier molecular flexibility index (Phi) is 7.22. The van der Waals surface area contributed by atoms with Crippen LogP contribution in [0.2, 0.25) is 4.34 Å². The highest BCUT2D eigenvalue weighted by Crippen LogP contribution is 2.32. The summed E-state index contributed by atoms with van der Waals surface area (Å²) >= 11 is 8.85. The van der Waals surface area contributed by atoms with Gasteiger partial charge in [-0.25, -0.2) is 4.98 Å². The van der Waals surface area contributed by atoms with E-state index in [0.29, 0.717) is 18.1 Å². The SMILES string of the molecule is Cc1cc2ccccc2n1Cc1cc(-c2ccc(Cl)s2)on1.O=CNc1nc(-c2cccnc2)cs1. The number of rotatable bonds is 6. The quantitative estimate of drug-likeness (QED) is 0.230. The number of hydrogen-bond donors (Lipinski definition) is 1. The average Bonchev–Trinajstić information content (AvgIpc) is 3.69. The molecule has 0 aliphatic rings. The van der Waals surface area contributed by atoms with Crippen LogP contribution in [0, 0.1) is 6.92 Å². The van der Waals surface area contributed by atoms with Gasteiger partial charge < -0.3 is 14.4 Å².